The Kier molecular flexibility index (Phi) is 5.41. The summed E-state index contributed by atoms with van der Waals surface area (Å²) in [4.78, 5) is 2.60. The summed E-state index contributed by atoms with van der Waals surface area (Å²) in [6.07, 6.45) is 2.67. The van der Waals surface area contributed by atoms with Crippen molar-refractivity contribution in [1.29, 1.82) is 0 Å². The number of nitrogens with one attached hydrogen (secondary N) is 1. The molecule has 1 fully saturated rings. The maximum Gasteiger partial charge on any atom is 0.0233 e. The van der Waals surface area contributed by atoms with E-state index in [1.54, 1.807) is 0 Å². The maximum atomic E-state index is 3.45. The van der Waals surface area contributed by atoms with E-state index < -0.39 is 0 Å². The van der Waals surface area contributed by atoms with Crippen LogP contribution in [0.3, 0.4) is 0 Å². The van der Waals surface area contributed by atoms with Gasteiger partial charge in [-0.15, -0.1) is 0 Å². The molecular formula is C17H28N2. The first kappa shape index (κ1) is 14.5. The van der Waals surface area contributed by atoms with Crippen molar-refractivity contribution in [2.45, 2.75) is 40.2 Å². The monoisotopic (exact) mass is 260 g/mol. The average Bonchev–Trinajstić information content (AvgIpc) is 2.43. The number of piperidine rings is 1. The molecule has 1 aliphatic rings. The van der Waals surface area contributed by atoms with Crippen LogP contribution in [-0.4, -0.2) is 31.1 Å². The largest absolute Gasteiger partial charge is 0.317 e. The third kappa shape index (κ3) is 4.32. The van der Waals surface area contributed by atoms with Gasteiger partial charge in [0.1, 0.15) is 0 Å². The topological polar surface area (TPSA) is 15.3 Å². The van der Waals surface area contributed by atoms with Gasteiger partial charge in [-0.1, -0.05) is 25.1 Å². The lowest BCUT2D eigenvalue weighted by atomic mass is 9.97. The number of rotatable bonds is 5. The molecule has 0 unspecified atom stereocenters. The first-order valence-electron chi connectivity index (χ1n) is 7.68. The van der Waals surface area contributed by atoms with E-state index in [9.17, 15) is 0 Å². The van der Waals surface area contributed by atoms with Crippen LogP contribution in [0.1, 0.15) is 36.5 Å². The number of hydrogen-bond acceptors (Lipinski definition) is 2. The number of benzene rings is 1. The first-order valence-corrected chi connectivity index (χ1v) is 7.68. The van der Waals surface area contributed by atoms with Crippen LogP contribution < -0.4 is 5.32 Å². The van der Waals surface area contributed by atoms with E-state index in [1.165, 1.54) is 49.2 Å². The summed E-state index contributed by atoms with van der Waals surface area (Å²) in [6, 6.07) is 6.89. The van der Waals surface area contributed by atoms with E-state index in [1.807, 2.05) is 0 Å². The minimum absolute atomic E-state index is 0.882. The smallest absolute Gasteiger partial charge is 0.0233 e. The van der Waals surface area contributed by atoms with Crippen LogP contribution >= 0.6 is 0 Å². The first-order chi connectivity index (χ1) is 9.19. The Bertz CT molecular complexity index is 394. The Morgan fingerprint density at radius 3 is 2.53 bits per heavy atom. The molecule has 2 nitrogen and oxygen atoms in total. The fourth-order valence-corrected chi connectivity index (χ4v) is 2.89. The molecule has 106 valence electrons. The Balaban J connectivity index is 1.92. The van der Waals surface area contributed by atoms with Crippen molar-refractivity contribution in [3.63, 3.8) is 0 Å². The van der Waals surface area contributed by atoms with Crippen molar-refractivity contribution in [1.82, 2.24) is 10.2 Å². The van der Waals surface area contributed by atoms with Crippen LogP contribution in [0.4, 0.5) is 0 Å². The second kappa shape index (κ2) is 7.06. The van der Waals surface area contributed by atoms with Gasteiger partial charge in [0.15, 0.2) is 0 Å². The van der Waals surface area contributed by atoms with E-state index in [-0.39, 0.29) is 0 Å². The molecule has 0 aromatic heterocycles. The molecule has 0 aliphatic carbocycles. The van der Waals surface area contributed by atoms with E-state index in [4.69, 9.17) is 0 Å². The third-order valence-electron chi connectivity index (χ3n) is 4.40. The van der Waals surface area contributed by atoms with Crippen molar-refractivity contribution in [2.24, 2.45) is 5.92 Å². The lowest BCUT2D eigenvalue weighted by molar-refractivity contribution is 0.207. The van der Waals surface area contributed by atoms with Crippen LogP contribution in [0.2, 0.25) is 0 Å². The molecule has 1 aromatic carbocycles. The molecule has 0 radical (unpaired) electrons. The maximum absolute atomic E-state index is 3.45. The lowest BCUT2D eigenvalue weighted by Gasteiger charge is -2.29. The van der Waals surface area contributed by atoms with Crippen molar-refractivity contribution < 1.29 is 0 Å². The van der Waals surface area contributed by atoms with Crippen molar-refractivity contribution >= 4 is 0 Å². The van der Waals surface area contributed by atoms with Gasteiger partial charge in [-0.05, 0) is 68.9 Å². The van der Waals surface area contributed by atoms with Gasteiger partial charge in [0.25, 0.3) is 0 Å². The van der Waals surface area contributed by atoms with Gasteiger partial charge in [0.2, 0.25) is 0 Å². The van der Waals surface area contributed by atoms with Crippen LogP contribution in [-0.2, 0) is 6.54 Å². The highest BCUT2D eigenvalue weighted by Crippen LogP contribution is 2.16. The van der Waals surface area contributed by atoms with Gasteiger partial charge in [0, 0.05) is 13.1 Å². The average molecular weight is 260 g/mol. The van der Waals surface area contributed by atoms with Crippen molar-refractivity contribution in [3.05, 3.63) is 34.9 Å². The molecule has 0 atom stereocenters. The molecule has 1 heterocycles. The van der Waals surface area contributed by atoms with Crippen LogP contribution in [0.5, 0.6) is 0 Å². The molecular weight excluding hydrogens is 232 g/mol. The molecule has 19 heavy (non-hydrogen) atoms. The minimum Gasteiger partial charge on any atom is -0.317 e. The van der Waals surface area contributed by atoms with Crippen LogP contribution in [0, 0.1) is 19.8 Å². The fraction of sp³-hybridized carbons (Fsp3) is 0.647. The molecule has 1 saturated heterocycles. The molecule has 0 saturated carbocycles. The predicted octanol–water partition coefficient (Wildman–Crippen LogP) is 3.12. The lowest BCUT2D eigenvalue weighted by Crippen LogP contribution is -2.35. The summed E-state index contributed by atoms with van der Waals surface area (Å²) in [5, 5.41) is 3.45. The Labute approximate surface area is 118 Å². The van der Waals surface area contributed by atoms with Gasteiger partial charge in [0.05, 0.1) is 0 Å². The minimum atomic E-state index is 0.882. The zero-order valence-corrected chi connectivity index (χ0v) is 12.7. The van der Waals surface area contributed by atoms with Crippen LogP contribution in [0.25, 0.3) is 0 Å². The Morgan fingerprint density at radius 1 is 1.16 bits per heavy atom. The quantitative estimate of drug-likeness (QED) is 0.875. The van der Waals surface area contributed by atoms with Gasteiger partial charge in [-0.25, -0.2) is 0 Å². The second-order valence-electron chi connectivity index (χ2n) is 5.94. The SMILES string of the molecule is CCN(Cc1ccc(C)c(C)c1)CC1CCNCC1. The summed E-state index contributed by atoms with van der Waals surface area (Å²) in [5.41, 5.74) is 4.26. The predicted molar refractivity (Wildman–Crippen MR) is 82.5 cm³/mol. The summed E-state index contributed by atoms with van der Waals surface area (Å²) in [5.74, 6) is 0.882. The highest BCUT2D eigenvalue weighted by molar-refractivity contribution is 5.29. The molecule has 0 amide bonds. The highest BCUT2D eigenvalue weighted by atomic mass is 15.1. The summed E-state index contributed by atoms with van der Waals surface area (Å²) < 4.78 is 0. The molecule has 0 bridgehead atoms. The molecule has 0 spiro atoms. The second-order valence-corrected chi connectivity index (χ2v) is 5.94. The van der Waals surface area contributed by atoms with E-state index >= 15 is 0 Å². The van der Waals surface area contributed by atoms with Crippen molar-refractivity contribution in [3.8, 4) is 0 Å². The molecule has 1 aromatic rings. The van der Waals surface area contributed by atoms with Crippen molar-refractivity contribution in [2.75, 3.05) is 26.2 Å². The number of nitrogens with zero attached hydrogens (tertiary/aromatic N) is 1. The summed E-state index contributed by atoms with van der Waals surface area (Å²) >= 11 is 0. The zero-order valence-electron chi connectivity index (χ0n) is 12.7. The molecule has 2 heteroatoms. The molecule has 1 aliphatic heterocycles. The zero-order chi connectivity index (χ0) is 13.7. The molecule has 1 N–H and O–H groups in total. The third-order valence-corrected chi connectivity index (χ3v) is 4.40. The van der Waals surface area contributed by atoms with Gasteiger partial charge in [-0.3, -0.25) is 4.90 Å². The normalized spacial score (nSPS) is 17.1. The summed E-state index contributed by atoms with van der Waals surface area (Å²) in [7, 11) is 0. The standard InChI is InChI=1S/C17H28N2/c1-4-19(12-16-7-9-18-10-8-16)13-17-6-5-14(2)15(3)11-17/h5-6,11,16,18H,4,7-10,12-13H2,1-3H3. The van der Waals surface area contributed by atoms with Gasteiger partial charge >= 0.3 is 0 Å². The fourth-order valence-electron chi connectivity index (χ4n) is 2.89. The van der Waals surface area contributed by atoms with Crippen LogP contribution in [0.15, 0.2) is 18.2 Å². The van der Waals surface area contributed by atoms with E-state index in [2.05, 4.69) is 49.2 Å². The Hall–Kier alpha value is -0.860. The number of aryl methyl sites for hydroxylation is 2. The van der Waals surface area contributed by atoms with E-state index in [0.29, 0.717) is 0 Å². The Morgan fingerprint density at radius 2 is 1.89 bits per heavy atom. The highest BCUT2D eigenvalue weighted by Gasteiger charge is 2.16. The molecule has 2 rings (SSSR count). The summed E-state index contributed by atoms with van der Waals surface area (Å²) in [6.45, 7) is 12.6. The number of hydrogen-bond donors (Lipinski definition) is 1. The van der Waals surface area contributed by atoms with E-state index in [0.717, 1.165) is 19.0 Å². The van der Waals surface area contributed by atoms with Gasteiger partial charge < -0.3 is 5.32 Å². The van der Waals surface area contributed by atoms with Gasteiger partial charge in [-0.2, -0.15) is 0 Å².